The van der Waals surface area contributed by atoms with Gasteiger partial charge in [-0.1, -0.05) is 17.7 Å². The molecule has 188 valence electrons. The minimum atomic E-state index is -6.62. The second-order valence-electron chi connectivity index (χ2n) is 6.25. The van der Waals surface area contributed by atoms with E-state index in [1.807, 2.05) is 0 Å². The number of nitrogens with one attached hydrogen (secondary N) is 1. The number of hydrogen-bond acceptors (Lipinski definition) is 5. The third kappa shape index (κ3) is 5.07. The first kappa shape index (κ1) is 27.3. The number of carbonyl (C=O) groups is 1. The standard InChI is InChI=1S/C17H9ClF10N2O4/c18-8-4-6(15(22,16(23,24)25)17(26,27)28)5-10(34-14(20)21)12(8)29-13(31)7-2-1-3-9(11(7)19)30(32)33/h1-5,14,32-33H,(H,29,31). The molecule has 0 bridgehead atoms. The van der Waals surface area contributed by atoms with Crippen molar-refractivity contribution >= 4 is 28.9 Å². The SMILES string of the molecule is O=C(Nc1c(Cl)cc(C(F)(C(F)(F)F)C(F)(F)F)cc1OC(F)F)c1cccc(N(O)O)c1F. The predicted molar refractivity (Wildman–Crippen MR) is 93.4 cm³/mol. The highest BCUT2D eigenvalue weighted by Crippen LogP contribution is 2.55. The lowest BCUT2D eigenvalue weighted by Crippen LogP contribution is -2.50. The van der Waals surface area contributed by atoms with Crippen molar-refractivity contribution in [1.82, 2.24) is 0 Å². The van der Waals surface area contributed by atoms with Gasteiger partial charge in [0.1, 0.15) is 11.4 Å². The van der Waals surface area contributed by atoms with E-state index in [4.69, 9.17) is 22.0 Å². The molecule has 2 aromatic carbocycles. The fourth-order valence-electron chi connectivity index (χ4n) is 2.61. The number of halogens is 11. The van der Waals surface area contributed by atoms with Crippen molar-refractivity contribution in [2.24, 2.45) is 0 Å². The normalized spacial score (nSPS) is 12.6. The summed E-state index contributed by atoms with van der Waals surface area (Å²) in [6, 6.07) is 1.76. The first-order chi connectivity index (χ1) is 15.4. The van der Waals surface area contributed by atoms with Crippen molar-refractivity contribution in [2.45, 2.75) is 24.6 Å². The fourth-order valence-corrected chi connectivity index (χ4v) is 2.87. The van der Waals surface area contributed by atoms with Gasteiger partial charge in [0.2, 0.25) is 0 Å². The summed E-state index contributed by atoms with van der Waals surface area (Å²) in [6.07, 6.45) is -13.2. The van der Waals surface area contributed by atoms with Gasteiger partial charge >= 0.3 is 24.6 Å². The number of carbonyl (C=O) groups excluding carboxylic acids is 1. The van der Waals surface area contributed by atoms with Crippen LogP contribution < -0.4 is 15.3 Å². The summed E-state index contributed by atoms with van der Waals surface area (Å²) in [5.74, 6) is -4.80. The van der Waals surface area contributed by atoms with E-state index >= 15 is 0 Å². The molecule has 0 heterocycles. The summed E-state index contributed by atoms with van der Waals surface area (Å²) in [5.41, 5.74) is -11.5. The van der Waals surface area contributed by atoms with Gasteiger partial charge in [0.25, 0.3) is 5.91 Å². The van der Waals surface area contributed by atoms with Gasteiger partial charge in [0, 0.05) is 5.56 Å². The fraction of sp³-hybridized carbons (Fsp3) is 0.235. The Labute approximate surface area is 186 Å². The monoisotopic (exact) mass is 530 g/mol. The van der Waals surface area contributed by atoms with Gasteiger partial charge in [-0.05, 0) is 24.3 Å². The van der Waals surface area contributed by atoms with Crippen LogP contribution in [0.1, 0.15) is 15.9 Å². The van der Waals surface area contributed by atoms with Crippen LogP contribution >= 0.6 is 11.6 Å². The zero-order valence-corrected chi connectivity index (χ0v) is 16.5. The Hall–Kier alpha value is -2.98. The highest BCUT2D eigenvalue weighted by molar-refractivity contribution is 6.34. The lowest BCUT2D eigenvalue weighted by atomic mass is 9.93. The molecule has 2 rings (SSSR count). The summed E-state index contributed by atoms with van der Waals surface area (Å²) in [4.78, 5) is 12.3. The molecule has 17 heteroatoms. The molecule has 0 aromatic heterocycles. The first-order valence-electron chi connectivity index (χ1n) is 8.30. The third-order valence-electron chi connectivity index (χ3n) is 4.13. The highest BCUT2D eigenvalue weighted by Gasteiger charge is 2.73. The second kappa shape index (κ2) is 9.34. The summed E-state index contributed by atoms with van der Waals surface area (Å²) in [5, 5.41) is 17.4. The van der Waals surface area contributed by atoms with Crippen LogP contribution in [0.4, 0.5) is 55.3 Å². The van der Waals surface area contributed by atoms with Gasteiger partial charge in [0.05, 0.1) is 10.6 Å². The van der Waals surface area contributed by atoms with E-state index in [1.54, 1.807) is 5.32 Å². The maximum absolute atomic E-state index is 14.3. The molecule has 2 aromatic rings. The lowest BCUT2D eigenvalue weighted by Gasteiger charge is -2.31. The zero-order valence-electron chi connectivity index (χ0n) is 15.8. The third-order valence-corrected chi connectivity index (χ3v) is 4.42. The van der Waals surface area contributed by atoms with Crippen molar-refractivity contribution in [3.8, 4) is 5.75 Å². The summed E-state index contributed by atoms with van der Waals surface area (Å²) in [7, 11) is 0. The van der Waals surface area contributed by atoms with E-state index in [2.05, 4.69) is 4.74 Å². The molecular formula is C17H9ClF10N2O4. The Kier molecular flexibility index (Phi) is 7.49. The van der Waals surface area contributed by atoms with E-state index in [-0.39, 0.29) is 6.07 Å². The van der Waals surface area contributed by atoms with E-state index < -0.39 is 80.9 Å². The first-order valence-corrected chi connectivity index (χ1v) is 8.68. The van der Waals surface area contributed by atoms with Crippen LogP contribution in [0, 0.1) is 5.82 Å². The number of nitrogens with zero attached hydrogens (tertiary/aromatic N) is 1. The van der Waals surface area contributed by atoms with Gasteiger partial charge in [-0.2, -0.15) is 35.1 Å². The molecule has 0 spiro atoms. The highest BCUT2D eigenvalue weighted by atomic mass is 35.5. The molecule has 0 fully saturated rings. The Bertz CT molecular complexity index is 1060. The molecule has 0 atom stereocenters. The number of ether oxygens (including phenoxy) is 1. The molecule has 0 saturated carbocycles. The van der Waals surface area contributed by atoms with Gasteiger partial charge in [-0.15, -0.1) is 5.23 Å². The van der Waals surface area contributed by atoms with Crippen LogP contribution in [0.25, 0.3) is 0 Å². The van der Waals surface area contributed by atoms with Crippen LogP contribution in [0.15, 0.2) is 30.3 Å². The van der Waals surface area contributed by atoms with Crippen molar-refractivity contribution in [2.75, 3.05) is 10.5 Å². The molecule has 0 unspecified atom stereocenters. The maximum Gasteiger partial charge on any atom is 0.435 e. The average molecular weight is 531 g/mol. The number of anilines is 2. The van der Waals surface area contributed by atoms with Gasteiger partial charge in [0.15, 0.2) is 11.6 Å². The smallest absolute Gasteiger partial charge is 0.433 e. The Morgan fingerprint density at radius 2 is 1.59 bits per heavy atom. The molecule has 3 N–H and O–H groups in total. The van der Waals surface area contributed by atoms with Crippen LogP contribution in [0.2, 0.25) is 5.02 Å². The number of hydrogen-bond donors (Lipinski definition) is 3. The van der Waals surface area contributed by atoms with Gasteiger partial charge < -0.3 is 10.1 Å². The molecule has 0 aliphatic heterocycles. The predicted octanol–water partition coefficient (Wildman–Crippen LogP) is 6.21. The molecule has 1 amide bonds. The van der Waals surface area contributed by atoms with Gasteiger partial charge in [-0.3, -0.25) is 15.2 Å². The number of alkyl halides is 9. The van der Waals surface area contributed by atoms with Crippen molar-refractivity contribution in [1.29, 1.82) is 0 Å². The molecular weight excluding hydrogens is 522 g/mol. The molecule has 0 saturated heterocycles. The van der Waals surface area contributed by atoms with Crippen LogP contribution in [-0.2, 0) is 5.67 Å². The van der Waals surface area contributed by atoms with E-state index in [1.165, 1.54) is 0 Å². The van der Waals surface area contributed by atoms with Crippen LogP contribution in [-0.4, -0.2) is 35.3 Å². The van der Waals surface area contributed by atoms with E-state index in [9.17, 15) is 48.7 Å². The molecule has 0 aliphatic carbocycles. The number of amides is 1. The second-order valence-corrected chi connectivity index (χ2v) is 6.65. The minimum absolute atomic E-state index is 0.244. The van der Waals surface area contributed by atoms with E-state index in [0.717, 1.165) is 18.2 Å². The Morgan fingerprint density at radius 3 is 2.06 bits per heavy atom. The van der Waals surface area contributed by atoms with Crippen molar-refractivity contribution < 1.29 is 63.9 Å². The molecule has 0 radical (unpaired) electrons. The van der Waals surface area contributed by atoms with Crippen LogP contribution in [0.3, 0.4) is 0 Å². The molecule has 34 heavy (non-hydrogen) atoms. The molecule has 0 aliphatic rings. The maximum atomic E-state index is 14.3. The quantitative estimate of drug-likeness (QED) is 0.306. The largest absolute Gasteiger partial charge is 0.435 e. The lowest BCUT2D eigenvalue weighted by molar-refractivity contribution is -0.348. The van der Waals surface area contributed by atoms with E-state index in [0.29, 0.717) is 0 Å². The Morgan fingerprint density at radius 1 is 1.03 bits per heavy atom. The van der Waals surface area contributed by atoms with Crippen LogP contribution in [0.5, 0.6) is 5.75 Å². The average Bonchev–Trinajstić information content (AvgIpc) is 2.67. The minimum Gasteiger partial charge on any atom is -0.433 e. The van der Waals surface area contributed by atoms with Gasteiger partial charge in [-0.25, -0.2) is 8.78 Å². The number of rotatable bonds is 6. The van der Waals surface area contributed by atoms with Crippen molar-refractivity contribution in [3.05, 3.63) is 52.3 Å². The number of benzene rings is 2. The topological polar surface area (TPSA) is 82.0 Å². The summed E-state index contributed by atoms with van der Waals surface area (Å²) < 4.78 is 136. The Balaban J connectivity index is 2.65. The zero-order chi connectivity index (χ0) is 26.2. The van der Waals surface area contributed by atoms with Crippen molar-refractivity contribution in [3.63, 3.8) is 0 Å². The summed E-state index contributed by atoms with van der Waals surface area (Å²) >= 11 is 5.55. The molecule has 6 nitrogen and oxygen atoms in total. The summed E-state index contributed by atoms with van der Waals surface area (Å²) in [6.45, 7) is -3.90.